The largest absolute Gasteiger partial charge is 0.385 e. The highest BCUT2D eigenvalue weighted by molar-refractivity contribution is 7.80. The number of hydrogen-bond acceptors (Lipinski definition) is 2. The topological polar surface area (TPSA) is 24.5 Å². The van der Waals surface area contributed by atoms with Crippen LogP contribution in [0.5, 0.6) is 0 Å². The minimum absolute atomic E-state index is 0.467. The molecule has 0 aliphatic carbocycles. The molecular formula is C13H28N2OS. The third-order valence-corrected chi connectivity index (χ3v) is 3.07. The average molecular weight is 260 g/mol. The van der Waals surface area contributed by atoms with Crippen LogP contribution in [0.3, 0.4) is 0 Å². The highest BCUT2D eigenvalue weighted by atomic mass is 32.1. The van der Waals surface area contributed by atoms with Crippen LogP contribution in [-0.2, 0) is 4.74 Å². The quantitative estimate of drug-likeness (QED) is 0.509. The first-order valence-electron chi connectivity index (χ1n) is 6.66. The van der Waals surface area contributed by atoms with E-state index >= 15 is 0 Å². The van der Waals surface area contributed by atoms with Crippen molar-refractivity contribution in [1.82, 2.24) is 10.2 Å². The van der Waals surface area contributed by atoms with Crippen LogP contribution >= 0.6 is 12.2 Å². The number of ether oxygens (including phenoxy) is 1. The number of nitrogens with zero attached hydrogens (tertiary/aromatic N) is 1. The van der Waals surface area contributed by atoms with Gasteiger partial charge in [-0.2, -0.15) is 0 Å². The molecule has 0 radical (unpaired) electrons. The summed E-state index contributed by atoms with van der Waals surface area (Å²) in [4.78, 5) is 2.28. The molecule has 0 aromatic rings. The van der Waals surface area contributed by atoms with Gasteiger partial charge in [0.2, 0.25) is 0 Å². The van der Waals surface area contributed by atoms with Gasteiger partial charge in [-0.3, -0.25) is 0 Å². The van der Waals surface area contributed by atoms with Crippen molar-refractivity contribution in [2.75, 3.05) is 26.8 Å². The normalized spacial score (nSPS) is 10.6. The standard InChI is InChI=1S/C13H28N2OS/c1-5-6-7-10-15(12(2)3)13(17)14-9-8-11-16-4/h12H,5-11H2,1-4H3,(H,14,17). The second-order valence-electron chi connectivity index (χ2n) is 4.57. The van der Waals surface area contributed by atoms with E-state index < -0.39 is 0 Å². The van der Waals surface area contributed by atoms with Crippen molar-refractivity contribution >= 4 is 17.3 Å². The number of rotatable bonds is 9. The zero-order valence-electron chi connectivity index (χ0n) is 11.8. The molecule has 3 nitrogen and oxygen atoms in total. The fraction of sp³-hybridized carbons (Fsp3) is 0.923. The molecule has 0 heterocycles. The van der Waals surface area contributed by atoms with E-state index in [1.807, 2.05) is 0 Å². The molecule has 4 heteroatoms. The molecular weight excluding hydrogens is 232 g/mol. The maximum Gasteiger partial charge on any atom is 0.169 e. The third kappa shape index (κ3) is 8.38. The maximum absolute atomic E-state index is 5.42. The lowest BCUT2D eigenvalue weighted by atomic mass is 10.2. The van der Waals surface area contributed by atoms with E-state index in [-0.39, 0.29) is 0 Å². The van der Waals surface area contributed by atoms with E-state index in [1.165, 1.54) is 19.3 Å². The molecule has 0 saturated carbocycles. The van der Waals surface area contributed by atoms with Crippen molar-refractivity contribution in [1.29, 1.82) is 0 Å². The molecule has 0 aliphatic heterocycles. The Labute approximate surface area is 112 Å². The van der Waals surface area contributed by atoms with E-state index in [0.717, 1.165) is 31.2 Å². The summed E-state index contributed by atoms with van der Waals surface area (Å²) >= 11 is 5.42. The summed E-state index contributed by atoms with van der Waals surface area (Å²) in [7, 11) is 1.73. The molecule has 0 unspecified atom stereocenters. The van der Waals surface area contributed by atoms with Gasteiger partial charge in [-0.25, -0.2) is 0 Å². The zero-order chi connectivity index (χ0) is 13.1. The molecule has 0 atom stereocenters. The molecule has 0 bridgehead atoms. The Bertz CT molecular complexity index is 198. The lowest BCUT2D eigenvalue weighted by molar-refractivity contribution is 0.195. The molecule has 17 heavy (non-hydrogen) atoms. The predicted molar refractivity (Wildman–Crippen MR) is 78.5 cm³/mol. The molecule has 1 N–H and O–H groups in total. The summed E-state index contributed by atoms with van der Waals surface area (Å²) < 4.78 is 5.01. The van der Waals surface area contributed by atoms with Gasteiger partial charge < -0.3 is 15.0 Å². The van der Waals surface area contributed by atoms with Gasteiger partial charge >= 0.3 is 0 Å². The molecule has 0 spiro atoms. The number of unbranched alkanes of at least 4 members (excludes halogenated alkanes) is 2. The Kier molecular flexibility index (Phi) is 10.6. The van der Waals surface area contributed by atoms with Gasteiger partial charge in [-0.05, 0) is 38.9 Å². The lowest BCUT2D eigenvalue weighted by Gasteiger charge is -2.29. The Morgan fingerprint density at radius 2 is 2.00 bits per heavy atom. The van der Waals surface area contributed by atoms with Crippen LogP contribution in [0.4, 0.5) is 0 Å². The van der Waals surface area contributed by atoms with Crippen LogP contribution in [0.15, 0.2) is 0 Å². The summed E-state index contributed by atoms with van der Waals surface area (Å²) in [6, 6.07) is 0.467. The Balaban J connectivity index is 3.89. The predicted octanol–water partition coefficient (Wildman–Crippen LogP) is 2.80. The maximum atomic E-state index is 5.42. The van der Waals surface area contributed by atoms with Crippen molar-refractivity contribution in [3.63, 3.8) is 0 Å². The summed E-state index contributed by atoms with van der Waals surface area (Å²) in [6.07, 6.45) is 4.74. The second kappa shape index (κ2) is 10.8. The van der Waals surface area contributed by atoms with Crippen molar-refractivity contribution < 1.29 is 4.74 Å². The van der Waals surface area contributed by atoms with Crippen LogP contribution in [0, 0.1) is 0 Å². The van der Waals surface area contributed by atoms with Crippen molar-refractivity contribution in [3.8, 4) is 0 Å². The smallest absolute Gasteiger partial charge is 0.169 e. The first kappa shape index (κ1) is 16.6. The van der Waals surface area contributed by atoms with Crippen LogP contribution in [-0.4, -0.2) is 42.9 Å². The molecule has 0 aliphatic rings. The van der Waals surface area contributed by atoms with Gasteiger partial charge in [0.15, 0.2) is 5.11 Å². The van der Waals surface area contributed by atoms with Crippen LogP contribution in [0.25, 0.3) is 0 Å². The fourth-order valence-electron chi connectivity index (χ4n) is 1.64. The molecule has 0 rings (SSSR count). The van der Waals surface area contributed by atoms with Gasteiger partial charge in [0.25, 0.3) is 0 Å². The number of nitrogens with one attached hydrogen (secondary N) is 1. The van der Waals surface area contributed by atoms with Gasteiger partial charge in [0.1, 0.15) is 0 Å². The molecule has 0 amide bonds. The van der Waals surface area contributed by atoms with E-state index in [0.29, 0.717) is 6.04 Å². The van der Waals surface area contributed by atoms with Gasteiger partial charge in [-0.1, -0.05) is 19.8 Å². The number of methoxy groups -OCH3 is 1. The molecule has 0 aromatic carbocycles. The van der Waals surface area contributed by atoms with Gasteiger partial charge in [-0.15, -0.1) is 0 Å². The monoisotopic (exact) mass is 260 g/mol. The molecule has 0 fully saturated rings. The van der Waals surface area contributed by atoms with Crippen molar-refractivity contribution in [3.05, 3.63) is 0 Å². The highest BCUT2D eigenvalue weighted by Crippen LogP contribution is 2.04. The molecule has 102 valence electrons. The summed E-state index contributed by atoms with van der Waals surface area (Å²) in [6.45, 7) is 9.34. The lowest BCUT2D eigenvalue weighted by Crippen LogP contribution is -2.44. The Morgan fingerprint density at radius 1 is 1.29 bits per heavy atom. The second-order valence-corrected chi connectivity index (χ2v) is 4.96. The summed E-state index contributed by atoms with van der Waals surface area (Å²) in [5, 5.41) is 4.18. The van der Waals surface area contributed by atoms with E-state index in [1.54, 1.807) is 7.11 Å². The zero-order valence-corrected chi connectivity index (χ0v) is 12.6. The molecule has 0 saturated heterocycles. The summed E-state index contributed by atoms with van der Waals surface area (Å²) in [5.41, 5.74) is 0. The van der Waals surface area contributed by atoms with Crippen molar-refractivity contribution in [2.24, 2.45) is 0 Å². The average Bonchev–Trinajstić information content (AvgIpc) is 2.29. The van der Waals surface area contributed by atoms with Gasteiger partial charge in [0.05, 0.1) is 0 Å². The first-order chi connectivity index (χ1) is 8.13. The van der Waals surface area contributed by atoms with Gasteiger partial charge in [0, 0.05) is 32.8 Å². The van der Waals surface area contributed by atoms with Crippen molar-refractivity contribution in [2.45, 2.75) is 52.5 Å². The SMILES string of the molecule is CCCCCN(C(=S)NCCCOC)C(C)C. The number of thiocarbonyl (C=S) groups is 1. The van der Waals surface area contributed by atoms with E-state index in [9.17, 15) is 0 Å². The molecule has 0 aromatic heterocycles. The van der Waals surface area contributed by atoms with Crippen LogP contribution in [0.1, 0.15) is 46.5 Å². The van der Waals surface area contributed by atoms with E-state index in [2.05, 4.69) is 31.0 Å². The minimum atomic E-state index is 0.467. The van der Waals surface area contributed by atoms with E-state index in [4.69, 9.17) is 17.0 Å². The first-order valence-corrected chi connectivity index (χ1v) is 7.07. The van der Waals surface area contributed by atoms with Crippen LogP contribution < -0.4 is 5.32 Å². The highest BCUT2D eigenvalue weighted by Gasteiger charge is 2.11. The Morgan fingerprint density at radius 3 is 2.53 bits per heavy atom. The summed E-state index contributed by atoms with van der Waals surface area (Å²) in [5.74, 6) is 0. The Hall–Kier alpha value is -0.350. The number of hydrogen-bond donors (Lipinski definition) is 1. The fourth-order valence-corrected chi connectivity index (χ4v) is 2.04. The third-order valence-electron chi connectivity index (χ3n) is 2.69. The van der Waals surface area contributed by atoms with Crippen LogP contribution in [0.2, 0.25) is 0 Å². The minimum Gasteiger partial charge on any atom is -0.385 e.